The lowest BCUT2D eigenvalue weighted by Crippen LogP contribution is -2.12. The Balaban J connectivity index is 2.19. The number of pyridine rings is 1. The highest BCUT2D eigenvalue weighted by atomic mass is 35.5. The lowest BCUT2D eigenvalue weighted by Gasteiger charge is -2.03. The smallest absolute Gasteiger partial charge is 0.258 e. The Kier molecular flexibility index (Phi) is 2.64. The SMILES string of the molecule is O=C(Nc1ccn[nH]1)c1ccncc1Cl. The van der Waals surface area contributed by atoms with Crippen molar-refractivity contribution in [3.05, 3.63) is 41.3 Å². The molecule has 2 heterocycles. The molecular formula is C9H7ClN4O. The van der Waals surface area contributed by atoms with E-state index in [0.717, 1.165) is 0 Å². The number of aromatic nitrogens is 3. The van der Waals surface area contributed by atoms with Crippen molar-refractivity contribution in [3.63, 3.8) is 0 Å². The van der Waals surface area contributed by atoms with Crippen LogP contribution in [0.3, 0.4) is 0 Å². The maximum absolute atomic E-state index is 11.7. The number of carbonyl (C=O) groups excluding carboxylic acids is 1. The Hall–Kier alpha value is -1.88. The van der Waals surface area contributed by atoms with Crippen LogP contribution in [0, 0.1) is 0 Å². The topological polar surface area (TPSA) is 70.7 Å². The second-order valence-electron chi connectivity index (χ2n) is 2.78. The Labute approximate surface area is 90.5 Å². The molecule has 2 aromatic heterocycles. The number of carbonyl (C=O) groups is 1. The molecule has 2 rings (SSSR count). The predicted octanol–water partition coefficient (Wildman–Crippen LogP) is 1.71. The molecule has 0 saturated heterocycles. The molecule has 0 aliphatic carbocycles. The summed E-state index contributed by atoms with van der Waals surface area (Å²) in [4.78, 5) is 15.5. The molecule has 0 aliphatic rings. The van der Waals surface area contributed by atoms with Gasteiger partial charge in [0.15, 0.2) is 0 Å². The number of anilines is 1. The molecule has 0 spiro atoms. The molecule has 1 amide bonds. The maximum atomic E-state index is 11.7. The molecule has 76 valence electrons. The molecular weight excluding hydrogens is 216 g/mol. The van der Waals surface area contributed by atoms with Gasteiger partial charge in [0.05, 0.1) is 16.8 Å². The molecule has 0 radical (unpaired) electrons. The van der Waals surface area contributed by atoms with Gasteiger partial charge < -0.3 is 5.32 Å². The first-order valence-electron chi connectivity index (χ1n) is 4.17. The summed E-state index contributed by atoms with van der Waals surface area (Å²) in [5, 5.41) is 9.25. The van der Waals surface area contributed by atoms with E-state index in [1.807, 2.05) is 0 Å². The van der Waals surface area contributed by atoms with Crippen molar-refractivity contribution in [2.45, 2.75) is 0 Å². The zero-order valence-electron chi connectivity index (χ0n) is 7.57. The van der Waals surface area contributed by atoms with Crippen LogP contribution in [0.1, 0.15) is 10.4 Å². The number of halogens is 1. The van der Waals surface area contributed by atoms with Crippen LogP contribution in [0.5, 0.6) is 0 Å². The van der Waals surface area contributed by atoms with Gasteiger partial charge in [-0.25, -0.2) is 0 Å². The largest absolute Gasteiger partial charge is 0.307 e. The molecule has 15 heavy (non-hydrogen) atoms. The van der Waals surface area contributed by atoms with Gasteiger partial charge in [-0.05, 0) is 6.07 Å². The molecule has 0 aliphatic heterocycles. The molecule has 2 aromatic rings. The highest BCUT2D eigenvalue weighted by Gasteiger charge is 2.10. The minimum atomic E-state index is -0.299. The third kappa shape index (κ3) is 2.13. The number of hydrogen-bond acceptors (Lipinski definition) is 3. The number of aromatic amines is 1. The molecule has 0 atom stereocenters. The van der Waals surface area contributed by atoms with Crippen molar-refractivity contribution in [1.29, 1.82) is 0 Å². The number of rotatable bonds is 2. The zero-order valence-corrected chi connectivity index (χ0v) is 8.32. The molecule has 0 aromatic carbocycles. The van der Waals surface area contributed by atoms with Gasteiger partial charge in [-0.15, -0.1) is 0 Å². The lowest BCUT2D eigenvalue weighted by molar-refractivity contribution is 0.102. The van der Waals surface area contributed by atoms with Crippen molar-refractivity contribution in [3.8, 4) is 0 Å². The molecule has 0 saturated carbocycles. The summed E-state index contributed by atoms with van der Waals surface area (Å²) >= 11 is 5.81. The van der Waals surface area contributed by atoms with E-state index in [4.69, 9.17) is 11.6 Å². The van der Waals surface area contributed by atoms with E-state index >= 15 is 0 Å². The van der Waals surface area contributed by atoms with Gasteiger partial charge in [0, 0.05) is 18.5 Å². The first kappa shape index (κ1) is 9.67. The minimum Gasteiger partial charge on any atom is -0.307 e. The summed E-state index contributed by atoms with van der Waals surface area (Å²) in [7, 11) is 0. The number of H-pyrrole nitrogens is 1. The second-order valence-corrected chi connectivity index (χ2v) is 3.19. The summed E-state index contributed by atoms with van der Waals surface area (Å²) in [5.41, 5.74) is 0.376. The van der Waals surface area contributed by atoms with E-state index in [9.17, 15) is 4.79 Å². The first-order valence-corrected chi connectivity index (χ1v) is 4.55. The Morgan fingerprint density at radius 2 is 2.27 bits per heavy atom. The number of hydrogen-bond donors (Lipinski definition) is 2. The quantitative estimate of drug-likeness (QED) is 0.813. The second kappa shape index (κ2) is 4.10. The lowest BCUT2D eigenvalue weighted by atomic mass is 10.2. The number of nitrogens with zero attached hydrogens (tertiary/aromatic N) is 2. The van der Waals surface area contributed by atoms with Crippen LogP contribution in [-0.4, -0.2) is 21.1 Å². The van der Waals surface area contributed by atoms with Crippen LogP contribution in [0.15, 0.2) is 30.7 Å². The third-order valence-electron chi connectivity index (χ3n) is 1.77. The average molecular weight is 223 g/mol. The molecule has 2 N–H and O–H groups in total. The van der Waals surface area contributed by atoms with Crippen LogP contribution in [0.25, 0.3) is 0 Å². The summed E-state index contributed by atoms with van der Waals surface area (Å²) < 4.78 is 0. The Morgan fingerprint density at radius 1 is 1.40 bits per heavy atom. The summed E-state index contributed by atoms with van der Waals surface area (Å²) in [6.07, 6.45) is 4.47. The normalized spacial score (nSPS) is 9.93. The van der Waals surface area contributed by atoms with Crippen molar-refractivity contribution < 1.29 is 4.79 Å². The van der Waals surface area contributed by atoms with Gasteiger partial charge in [-0.2, -0.15) is 5.10 Å². The van der Waals surface area contributed by atoms with Crippen LogP contribution < -0.4 is 5.32 Å². The Morgan fingerprint density at radius 3 is 2.93 bits per heavy atom. The highest BCUT2D eigenvalue weighted by Crippen LogP contribution is 2.14. The highest BCUT2D eigenvalue weighted by molar-refractivity contribution is 6.34. The fourth-order valence-electron chi connectivity index (χ4n) is 1.07. The van der Waals surface area contributed by atoms with Gasteiger partial charge in [-0.1, -0.05) is 11.6 Å². The van der Waals surface area contributed by atoms with Crippen LogP contribution in [-0.2, 0) is 0 Å². The summed E-state index contributed by atoms with van der Waals surface area (Å²) in [5.74, 6) is 0.222. The van der Waals surface area contributed by atoms with E-state index in [2.05, 4.69) is 20.5 Å². The van der Waals surface area contributed by atoms with E-state index in [-0.39, 0.29) is 5.91 Å². The predicted molar refractivity (Wildman–Crippen MR) is 55.8 cm³/mol. The van der Waals surface area contributed by atoms with E-state index in [1.54, 1.807) is 18.3 Å². The van der Waals surface area contributed by atoms with Gasteiger partial charge in [0.25, 0.3) is 5.91 Å². The van der Waals surface area contributed by atoms with Gasteiger partial charge in [0.2, 0.25) is 0 Å². The number of nitrogens with one attached hydrogen (secondary N) is 2. The van der Waals surface area contributed by atoms with E-state index < -0.39 is 0 Å². The van der Waals surface area contributed by atoms with Crippen LogP contribution >= 0.6 is 11.6 Å². The van der Waals surface area contributed by atoms with Gasteiger partial charge in [-0.3, -0.25) is 14.9 Å². The standard InChI is InChI=1S/C9H7ClN4O/c10-7-5-11-3-1-6(7)9(15)13-8-2-4-12-14-8/h1-5H,(H2,12,13,14,15). The summed E-state index contributed by atoms with van der Waals surface area (Å²) in [6, 6.07) is 3.20. The van der Waals surface area contributed by atoms with Crippen LogP contribution in [0.4, 0.5) is 5.82 Å². The molecule has 0 fully saturated rings. The van der Waals surface area contributed by atoms with E-state index in [0.29, 0.717) is 16.4 Å². The van der Waals surface area contributed by atoms with Gasteiger partial charge in [0.1, 0.15) is 5.82 Å². The fourth-order valence-corrected chi connectivity index (χ4v) is 1.28. The Bertz CT molecular complexity index is 469. The molecule has 6 heteroatoms. The molecule has 0 unspecified atom stereocenters. The average Bonchev–Trinajstić information content (AvgIpc) is 2.71. The van der Waals surface area contributed by atoms with Crippen LogP contribution in [0.2, 0.25) is 5.02 Å². The van der Waals surface area contributed by atoms with E-state index in [1.165, 1.54) is 12.4 Å². The number of amides is 1. The first-order chi connectivity index (χ1) is 7.27. The van der Waals surface area contributed by atoms with Crippen molar-refractivity contribution >= 4 is 23.3 Å². The molecule has 0 bridgehead atoms. The summed E-state index contributed by atoms with van der Waals surface area (Å²) in [6.45, 7) is 0. The monoisotopic (exact) mass is 222 g/mol. The van der Waals surface area contributed by atoms with Crippen molar-refractivity contribution in [2.24, 2.45) is 0 Å². The van der Waals surface area contributed by atoms with Crippen molar-refractivity contribution in [1.82, 2.24) is 15.2 Å². The fraction of sp³-hybridized carbons (Fsp3) is 0. The van der Waals surface area contributed by atoms with Gasteiger partial charge >= 0.3 is 0 Å². The molecule has 5 nitrogen and oxygen atoms in total. The minimum absolute atomic E-state index is 0.299. The maximum Gasteiger partial charge on any atom is 0.258 e. The third-order valence-corrected chi connectivity index (χ3v) is 2.07. The van der Waals surface area contributed by atoms with Crippen molar-refractivity contribution in [2.75, 3.05) is 5.32 Å². The zero-order chi connectivity index (χ0) is 10.7.